The SMILES string of the molecule is CCCc1cc(=O)n(CC(=O)Nc2cc(C)ccc2OC)cn1. The number of ether oxygens (including phenoxy) is 1. The lowest BCUT2D eigenvalue weighted by Gasteiger charge is -2.11. The number of aromatic nitrogens is 2. The molecule has 6 nitrogen and oxygen atoms in total. The number of hydrogen-bond acceptors (Lipinski definition) is 4. The molecule has 6 heteroatoms. The average Bonchev–Trinajstić information content (AvgIpc) is 2.50. The summed E-state index contributed by atoms with van der Waals surface area (Å²) in [5.74, 6) is 0.272. The Balaban J connectivity index is 2.11. The zero-order valence-corrected chi connectivity index (χ0v) is 13.6. The van der Waals surface area contributed by atoms with Gasteiger partial charge in [-0.15, -0.1) is 0 Å². The van der Waals surface area contributed by atoms with Gasteiger partial charge in [0.15, 0.2) is 0 Å². The first-order chi connectivity index (χ1) is 11.0. The second-order valence-corrected chi connectivity index (χ2v) is 5.35. The van der Waals surface area contributed by atoms with Crippen molar-refractivity contribution in [2.24, 2.45) is 0 Å². The first kappa shape index (κ1) is 16.7. The number of carbonyl (C=O) groups is 1. The quantitative estimate of drug-likeness (QED) is 0.886. The number of amides is 1. The van der Waals surface area contributed by atoms with Crippen molar-refractivity contribution in [1.29, 1.82) is 0 Å². The molecule has 1 aromatic heterocycles. The van der Waals surface area contributed by atoms with Crippen LogP contribution in [0, 0.1) is 6.92 Å². The molecule has 0 aliphatic heterocycles. The Morgan fingerprint density at radius 2 is 2.13 bits per heavy atom. The number of nitrogens with zero attached hydrogens (tertiary/aromatic N) is 2. The van der Waals surface area contributed by atoms with Crippen LogP contribution in [0.1, 0.15) is 24.6 Å². The molecule has 0 aliphatic carbocycles. The monoisotopic (exact) mass is 315 g/mol. The number of carbonyl (C=O) groups excluding carboxylic acids is 1. The van der Waals surface area contributed by atoms with Crippen molar-refractivity contribution in [3.63, 3.8) is 0 Å². The molecule has 0 fully saturated rings. The van der Waals surface area contributed by atoms with Crippen molar-refractivity contribution in [3.05, 3.63) is 52.2 Å². The van der Waals surface area contributed by atoms with E-state index in [1.54, 1.807) is 13.2 Å². The van der Waals surface area contributed by atoms with Gasteiger partial charge in [0.2, 0.25) is 5.91 Å². The Kier molecular flexibility index (Phi) is 5.51. The van der Waals surface area contributed by atoms with Crippen LogP contribution < -0.4 is 15.6 Å². The van der Waals surface area contributed by atoms with Crippen LogP contribution in [0.2, 0.25) is 0 Å². The number of benzene rings is 1. The van der Waals surface area contributed by atoms with E-state index in [1.165, 1.54) is 17.0 Å². The largest absolute Gasteiger partial charge is 0.495 e. The zero-order valence-electron chi connectivity index (χ0n) is 13.6. The van der Waals surface area contributed by atoms with Crippen LogP contribution in [0.25, 0.3) is 0 Å². The van der Waals surface area contributed by atoms with Gasteiger partial charge in [-0.05, 0) is 31.0 Å². The highest BCUT2D eigenvalue weighted by Gasteiger charge is 2.10. The lowest BCUT2D eigenvalue weighted by Crippen LogP contribution is -2.28. The fourth-order valence-electron chi connectivity index (χ4n) is 2.24. The fourth-order valence-corrected chi connectivity index (χ4v) is 2.24. The second-order valence-electron chi connectivity index (χ2n) is 5.35. The lowest BCUT2D eigenvalue weighted by molar-refractivity contribution is -0.116. The number of aryl methyl sites for hydroxylation is 2. The molecule has 0 radical (unpaired) electrons. The van der Waals surface area contributed by atoms with E-state index in [2.05, 4.69) is 10.3 Å². The van der Waals surface area contributed by atoms with Crippen LogP contribution in [0.3, 0.4) is 0 Å². The summed E-state index contributed by atoms with van der Waals surface area (Å²) in [6, 6.07) is 6.99. The topological polar surface area (TPSA) is 73.2 Å². The van der Waals surface area contributed by atoms with Gasteiger partial charge in [0.25, 0.3) is 5.56 Å². The Bertz CT molecular complexity index is 753. The van der Waals surface area contributed by atoms with Gasteiger partial charge in [-0.2, -0.15) is 0 Å². The number of methoxy groups -OCH3 is 1. The van der Waals surface area contributed by atoms with Crippen molar-refractivity contribution >= 4 is 11.6 Å². The minimum Gasteiger partial charge on any atom is -0.495 e. The van der Waals surface area contributed by atoms with Gasteiger partial charge in [0, 0.05) is 11.8 Å². The van der Waals surface area contributed by atoms with Crippen molar-refractivity contribution in [2.75, 3.05) is 12.4 Å². The predicted octanol–water partition coefficient (Wildman–Crippen LogP) is 2.15. The molecule has 2 aromatic rings. The van der Waals surface area contributed by atoms with E-state index in [1.807, 2.05) is 26.0 Å². The molecule has 1 heterocycles. The maximum absolute atomic E-state index is 12.2. The maximum atomic E-state index is 12.2. The lowest BCUT2D eigenvalue weighted by atomic mass is 10.2. The molecule has 0 atom stereocenters. The second kappa shape index (κ2) is 7.58. The van der Waals surface area contributed by atoms with E-state index in [9.17, 15) is 9.59 Å². The molecule has 0 aliphatic rings. The molecular formula is C17H21N3O3. The van der Waals surface area contributed by atoms with E-state index >= 15 is 0 Å². The molecular weight excluding hydrogens is 294 g/mol. The fraction of sp³-hybridized carbons (Fsp3) is 0.353. The predicted molar refractivity (Wildman–Crippen MR) is 88.9 cm³/mol. The van der Waals surface area contributed by atoms with E-state index in [0.29, 0.717) is 11.4 Å². The number of nitrogens with one attached hydrogen (secondary N) is 1. The molecule has 1 N–H and O–H groups in total. The summed E-state index contributed by atoms with van der Waals surface area (Å²) in [6.07, 6.45) is 3.09. The Hall–Kier alpha value is -2.63. The van der Waals surface area contributed by atoms with E-state index in [-0.39, 0.29) is 18.0 Å². The van der Waals surface area contributed by atoms with Gasteiger partial charge in [0.1, 0.15) is 12.3 Å². The average molecular weight is 315 g/mol. The van der Waals surface area contributed by atoms with Crippen LogP contribution >= 0.6 is 0 Å². The highest BCUT2D eigenvalue weighted by molar-refractivity contribution is 5.92. The molecule has 1 aromatic carbocycles. The standard InChI is InChI=1S/C17H21N3O3/c1-4-5-13-9-17(22)20(11-18-13)10-16(21)19-14-8-12(2)6-7-15(14)23-3/h6-9,11H,4-5,10H2,1-3H3,(H,19,21). The molecule has 0 saturated heterocycles. The van der Waals surface area contributed by atoms with Gasteiger partial charge >= 0.3 is 0 Å². The zero-order chi connectivity index (χ0) is 16.8. The molecule has 23 heavy (non-hydrogen) atoms. The minimum atomic E-state index is -0.305. The van der Waals surface area contributed by atoms with E-state index in [0.717, 1.165) is 24.1 Å². The van der Waals surface area contributed by atoms with Crippen LogP contribution in [0.4, 0.5) is 5.69 Å². The highest BCUT2D eigenvalue weighted by atomic mass is 16.5. The van der Waals surface area contributed by atoms with Crippen molar-refractivity contribution in [3.8, 4) is 5.75 Å². The summed E-state index contributed by atoms with van der Waals surface area (Å²) in [6.45, 7) is 3.86. The van der Waals surface area contributed by atoms with Gasteiger partial charge in [-0.1, -0.05) is 19.4 Å². The van der Waals surface area contributed by atoms with E-state index < -0.39 is 0 Å². The van der Waals surface area contributed by atoms with Crippen molar-refractivity contribution in [1.82, 2.24) is 9.55 Å². The summed E-state index contributed by atoms with van der Waals surface area (Å²) in [4.78, 5) is 28.4. The number of rotatable bonds is 6. The smallest absolute Gasteiger partial charge is 0.253 e. The van der Waals surface area contributed by atoms with Crippen LogP contribution in [-0.2, 0) is 17.8 Å². The first-order valence-electron chi connectivity index (χ1n) is 7.53. The van der Waals surface area contributed by atoms with Gasteiger partial charge < -0.3 is 10.1 Å². The Morgan fingerprint density at radius 3 is 2.78 bits per heavy atom. The molecule has 0 bridgehead atoms. The highest BCUT2D eigenvalue weighted by Crippen LogP contribution is 2.25. The van der Waals surface area contributed by atoms with Gasteiger partial charge in [0.05, 0.1) is 19.1 Å². The molecule has 122 valence electrons. The van der Waals surface area contributed by atoms with Gasteiger partial charge in [-0.3, -0.25) is 14.2 Å². The number of anilines is 1. The third-order valence-electron chi connectivity index (χ3n) is 3.39. The van der Waals surface area contributed by atoms with Crippen molar-refractivity contribution in [2.45, 2.75) is 33.2 Å². The normalized spacial score (nSPS) is 10.4. The summed E-state index contributed by atoms with van der Waals surface area (Å²) in [5, 5.41) is 2.77. The van der Waals surface area contributed by atoms with Crippen molar-refractivity contribution < 1.29 is 9.53 Å². The Labute approximate surface area is 135 Å². The van der Waals surface area contributed by atoms with Crippen LogP contribution in [-0.4, -0.2) is 22.6 Å². The summed E-state index contributed by atoms with van der Waals surface area (Å²) >= 11 is 0. The van der Waals surface area contributed by atoms with E-state index in [4.69, 9.17) is 4.74 Å². The van der Waals surface area contributed by atoms with Crippen LogP contribution in [0.5, 0.6) is 5.75 Å². The third-order valence-corrected chi connectivity index (χ3v) is 3.39. The summed E-state index contributed by atoms with van der Waals surface area (Å²) in [5.41, 5.74) is 2.11. The summed E-state index contributed by atoms with van der Waals surface area (Å²) in [7, 11) is 1.54. The molecule has 1 amide bonds. The first-order valence-corrected chi connectivity index (χ1v) is 7.53. The van der Waals surface area contributed by atoms with Gasteiger partial charge in [-0.25, -0.2) is 4.98 Å². The third kappa shape index (κ3) is 4.42. The minimum absolute atomic E-state index is 0.0880. The Morgan fingerprint density at radius 1 is 1.35 bits per heavy atom. The summed E-state index contributed by atoms with van der Waals surface area (Å²) < 4.78 is 6.51. The molecule has 0 spiro atoms. The molecule has 0 unspecified atom stereocenters. The molecule has 0 saturated carbocycles. The van der Waals surface area contributed by atoms with Crippen LogP contribution in [0.15, 0.2) is 35.4 Å². The molecule has 2 rings (SSSR count). The number of hydrogen-bond donors (Lipinski definition) is 1. The maximum Gasteiger partial charge on any atom is 0.253 e.